The number of ether oxygens (including phenoxy) is 1. The lowest BCUT2D eigenvalue weighted by molar-refractivity contribution is 0.0944. The molecule has 5 nitrogen and oxygen atoms in total. The van der Waals surface area contributed by atoms with E-state index in [9.17, 15) is 9.90 Å². The molecule has 5 heteroatoms. The number of amides is 1. The number of nitrogens with one attached hydrogen (secondary N) is 1. The second-order valence-electron chi connectivity index (χ2n) is 4.03. The van der Waals surface area contributed by atoms with Crippen LogP contribution in [0.5, 0.6) is 11.5 Å². The zero-order chi connectivity index (χ0) is 13.4. The van der Waals surface area contributed by atoms with E-state index in [1.807, 2.05) is 0 Å². The Morgan fingerprint density at radius 1 is 1.44 bits per heavy atom. The van der Waals surface area contributed by atoms with Crippen LogP contribution in [-0.4, -0.2) is 29.7 Å². The number of pyridine rings is 1. The summed E-state index contributed by atoms with van der Waals surface area (Å²) in [4.78, 5) is 15.6. The van der Waals surface area contributed by atoms with Gasteiger partial charge in [0.2, 0.25) is 0 Å². The molecule has 1 heterocycles. The molecule has 0 bridgehead atoms. The summed E-state index contributed by atoms with van der Waals surface area (Å²) in [7, 11) is 1.43. The van der Waals surface area contributed by atoms with E-state index < -0.39 is 0 Å². The Hall–Kier alpha value is -1.78. The Morgan fingerprint density at radius 3 is 2.89 bits per heavy atom. The van der Waals surface area contributed by atoms with Crippen molar-refractivity contribution in [3.8, 4) is 11.5 Å². The molecule has 0 saturated carbocycles. The highest BCUT2D eigenvalue weighted by atomic mass is 16.5. The lowest BCUT2D eigenvalue weighted by Crippen LogP contribution is -2.25. The number of aromatic hydroxyl groups is 1. The van der Waals surface area contributed by atoms with Crippen molar-refractivity contribution < 1.29 is 14.6 Å². The molecule has 1 aromatic heterocycles. The van der Waals surface area contributed by atoms with Gasteiger partial charge in [-0.3, -0.25) is 4.79 Å². The Morgan fingerprint density at radius 2 is 2.22 bits per heavy atom. The largest absolute Gasteiger partial charge is 0.503 e. The predicted molar refractivity (Wildman–Crippen MR) is 68.9 cm³/mol. The molecule has 18 heavy (non-hydrogen) atoms. The summed E-state index contributed by atoms with van der Waals surface area (Å²) in [5, 5.41) is 12.5. The van der Waals surface area contributed by atoms with Crippen molar-refractivity contribution in [2.75, 3.05) is 13.7 Å². The van der Waals surface area contributed by atoms with E-state index in [4.69, 9.17) is 4.74 Å². The number of hydrogen-bond acceptors (Lipinski definition) is 4. The lowest BCUT2D eigenvalue weighted by atomic mass is 10.2. The van der Waals surface area contributed by atoms with E-state index in [2.05, 4.69) is 17.2 Å². The predicted octanol–water partition coefficient (Wildman–Crippen LogP) is 2.11. The molecule has 1 aromatic rings. The van der Waals surface area contributed by atoms with E-state index in [0.717, 1.165) is 19.3 Å². The van der Waals surface area contributed by atoms with Crippen molar-refractivity contribution in [2.45, 2.75) is 32.6 Å². The molecular formula is C13H20N2O3. The Labute approximate surface area is 107 Å². The quantitative estimate of drug-likeness (QED) is 0.729. The van der Waals surface area contributed by atoms with Gasteiger partial charge in [0.1, 0.15) is 0 Å². The second kappa shape index (κ2) is 7.53. The fraction of sp³-hybridized carbons (Fsp3) is 0.538. The molecule has 0 aliphatic heterocycles. The summed E-state index contributed by atoms with van der Waals surface area (Å²) in [5.41, 5.74) is 0.00448. The average Bonchev–Trinajstić information content (AvgIpc) is 2.38. The van der Waals surface area contributed by atoms with Crippen LogP contribution >= 0.6 is 0 Å². The van der Waals surface area contributed by atoms with Crippen LogP contribution in [-0.2, 0) is 0 Å². The van der Waals surface area contributed by atoms with Crippen molar-refractivity contribution in [2.24, 2.45) is 0 Å². The summed E-state index contributed by atoms with van der Waals surface area (Å²) in [6, 6.07) is 1.51. The molecule has 0 aliphatic rings. The maximum absolute atomic E-state index is 11.8. The summed E-state index contributed by atoms with van der Waals surface area (Å²) in [6.45, 7) is 2.73. The maximum Gasteiger partial charge on any atom is 0.273 e. The zero-order valence-electron chi connectivity index (χ0n) is 10.9. The third kappa shape index (κ3) is 3.91. The SMILES string of the molecule is CCCCCCNC(=O)c1nccc(OC)c1O. The molecule has 1 rings (SSSR count). The molecule has 0 spiro atoms. The van der Waals surface area contributed by atoms with Gasteiger partial charge >= 0.3 is 0 Å². The van der Waals surface area contributed by atoms with E-state index in [1.54, 1.807) is 0 Å². The number of methoxy groups -OCH3 is 1. The molecule has 0 aromatic carbocycles. The summed E-state index contributed by atoms with van der Waals surface area (Å²) < 4.78 is 4.92. The second-order valence-corrected chi connectivity index (χ2v) is 4.03. The molecular weight excluding hydrogens is 232 g/mol. The van der Waals surface area contributed by atoms with E-state index in [0.29, 0.717) is 6.54 Å². The number of nitrogens with zero attached hydrogens (tertiary/aromatic N) is 1. The van der Waals surface area contributed by atoms with Gasteiger partial charge in [-0.05, 0) is 6.42 Å². The van der Waals surface area contributed by atoms with E-state index in [-0.39, 0.29) is 23.1 Å². The molecule has 2 N–H and O–H groups in total. The van der Waals surface area contributed by atoms with Gasteiger partial charge in [-0.15, -0.1) is 0 Å². The fourth-order valence-electron chi connectivity index (χ4n) is 1.60. The van der Waals surface area contributed by atoms with Gasteiger partial charge in [-0.1, -0.05) is 26.2 Å². The first-order valence-electron chi connectivity index (χ1n) is 6.20. The van der Waals surface area contributed by atoms with Crippen molar-refractivity contribution in [1.82, 2.24) is 10.3 Å². The molecule has 0 radical (unpaired) electrons. The third-order valence-corrected chi connectivity index (χ3v) is 2.64. The highest BCUT2D eigenvalue weighted by Crippen LogP contribution is 2.27. The topological polar surface area (TPSA) is 71.5 Å². The van der Waals surface area contributed by atoms with Crippen LogP contribution in [0.25, 0.3) is 0 Å². The summed E-state index contributed by atoms with van der Waals surface area (Å²) >= 11 is 0. The average molecular weight is 252 g/mol. The smallest absolute Gasteiger partial charge is 0.273 e. The van der Waals surface area contributed by atoms with Crippen molar-refractivity contribution in [1.29, 1.82) is 0 Å². The number of aromatic nitrogens is 1. The van der Waals surface area contributed by atoms with Crippen LogP contribution < -0.4 is 10.1 Å². The first-order chi connectivity index (χ1) is 8.70. The highest BCUT2D eigenvalue weighted by Gasteiger charge is 2.15. The van der Waals surface area contributed by atoms with Crippen LogP contribution in [0.4, 0.5) is 0 Å². The number of hydrogen-bond donors (Lipinski definition) is 2. The first-order valence-corrected chi connectivity index (χ1v) is 6.20. The normalized spacial score (nSPS) is 10.1. The minimum Gasteiger partial charge on any atom is -0.503 e. The van der Waals surface area contributed by atoms with E-state index >= 15 is 0 Å². The number of rotatable bonds is 7. The van der Waals surface area contributed by atoms with Crippen LogP contribution in [0.3, 0.4) is 0 Å². The van der Waals surface area contributed by atoms with Gasteiger partial charge in [0.15, 0.2) is 17.2 Å². The van der Waals surface area contributed by atoms with Crippen LogP contribution in [0.15, 0.2) is 12.3 Å². The standard InChI is InChI=1S/C13H20N2O3/c1-3-4-5-6-8-15-13(17)11-12(16)10(18-2)7-9-14-11/h7,9,16H,3-6,8H2,1-2H3,(H,15,17). The summed E-state index contributed by atoms with van der Waals surface area (Å²) in [5.74, 6) is -0.338. The number of carbonyl (C=O) groups excluding carboxylic acids is 1. The minimum atomic E-state index is -0.372. The van der Waals surface area contributed by atoms with Gasteiger partial charge in [0, 0.05) is 18.8 Å². The Balaban J connectivity index is 2.51. The number of carbonyl (C=O) groups is 1. The Bertz CT molecular complexity index is 394. The molecule has 0 unspecified atom stereocenters. The molecule has 0 saturated heterocycles. The van der Waals surface area contributed by atoms with E-state index in [1.165, 1.54) is 25.8 Å². The monoisotopic (exact) mass is 252 g/mol. The highest BCUT2D eigenvalue weighted by molar-refractivity contribution is 5.95. The number of unbranched alkanes of at least 4 members (excludes halogenated alkanes) is 3. The van der Waals surface area contributed by atoms with Gasteiger partial charge in [-0.25, -0.2) is 4.98 Å². The van der Waals surface area contributed by atoms with Crippen LogP contribution in [0.1, 0.15) is 43.1 Å². The third-order valence-electron chi connectivity index (χ3n) is 2.64. The molecule has 0 atom stereocenters. The van der Waals surface area contributed by atoms with Gasteiger partial charge in [-0.2, -0.15) is 0 Å². The van der Waals surface area contributed by atoms with Crippen LogP contribution in [0, 0.1) is 0 Å². The molecule has 1 amide bonds. The zero-order valence-corrected chi connectivity index (χ0v) is 10.9. The van der Waals surface area contributed by atoms with Gasteiger partial charge in [0.05, 0.1) is 7.11 Å². The fourth-order valence-corrected chi connectivity index (χ4v) is 1.60. The van der Waals surface area contributed by atoms with Crippen molar-refractivity contribution in [3.63, 3.8) is 0 Å². The van der Waals surface area contributed by atoms with Crippen LogP contribution in [0.2, 0.25) is 0 Å². The Kier molecular flexibility index (Phi) is 5.97. The summed E-state index contributed by atoms with van der Waals surface area (Å²) in [6.07, 6.45) is 5.79. The molecule has 0 fully saturated rings. The molecule has 100 valence electrons. The first kappa shape index (κ1) is 14.3. The van der Waals surface area contributed by atoms with Crippen molar-refractivity contribution >= 4 is 5.91 Å². The lowest BCUT2D eigenvalue weighted by Gasteiger charge is -2.08. The maximum atomic E-state index is 11.8. The molecule has 0 aliphatic carbocycles. The van der Waals surface area contributed by atoms with Gasteiger partial charge < -0.3 is 15.2 Å². The minimum absolute atomic E-state index is 0.00448. The van der Waals surface area contributed by atoms with Crippen molar-refractivity contribution in [3.05, 3.63) is 18.0 Å². The van der Waals surface area contributed by atoms with Gasteiger partial charge in [0.25, 0.3) is 5.91 Å².